The average Bonchev–Trinajstić information content (AvgIpc) is 2.27. The number of phenolic OH excluding ortho intramolecular Hbond substituents is 1. The van der Waals surface area contributed by atoms with E-state index in [0.717, 1.165) is 6.54 Å². The number of phenols is 1. The second kappa shape index (κ2) is 5.09. The molecule has 0 spiro atoms. The van der Waals surface area contributed by atoms with Gasteiger partial charge in [-0.15, -0.1) is 0 Å². The fourth-order valence-electron chi connectivity index (χ4n) is 2.75. The summed E-state index contributed by atoms with van der Waals surface area (Å²) in [6.45, 7) is 5.63. The number of rotatable bonds is 3. The van der Waals surface area contributed by atoms with Crippen LogP contribution in [-0.4, -0.2) is 11.1 Å². The lowest BCUT2D eigenvalue weighted by atomic mass is 9.75. The van der Waals surface area contributed by atoms with Gasteiger partial charge in [-0.1, -0.05) is 32.4 Å². The molecule has 2 heteroatoms. The summed E-state index contributed by atoms with van der Waals surface area (Å²) in [5.41, 5.74) is 1.73. The van der Waals surface area contributed by atoms with Crippen LogP contribution in [0.1, 0.15) is 45.1 Å². The highest BCUT2D eigenvalue weighted by Crippen LogP contribution is 2.35. The van der Waals surface area contributed by atoms with Crippen molar-refractivity contribution in [2.24, 2.45) is 5.41 Å². The molecule has 94 valence electrons. The van der Waals surface area contributed by atoms with Gasteiger partial charge in [0.2, 0.25) is 0 Å². The molecule has 0 saturated heterocycles. The maximum atomic E-state index is 9.22. The van der Waals surface area contributed by atoms with Crippen LogP contribution in [0.25, 0.3) is 0 Å². The van der Waals surface area contributed by atoms with Crippen LogP contribution in [0.3, 0.4) is 0 Å². The van der Waals surface area contributed by atoms with Gasteiger partial charge in [-0.05, 0) is 42.4 Å². The van der Waals surface area contributed by atoms with E-state index in [9.17, 15) is 5.11 Å². The van der Waals surface area contributed by atoms with Crippen molar-refractivity contribution < 1.29 is 5.11 Å². The number of benzene rings is 1. The normalized spacial score (nSPS) is 23.5. The summed E-state index contributed by atoms with van der Waals surface area (Å²) in [4.78, 5) is 0. The first-order valence-electron chi connectivity index (χ1n) is 6.56. The summed E-state index contributed by atoms with van der Waals surface area (Å²) in [6, 6.07) is 8.11. The van der Waals surface area contributed by atoms with Crippen molar-refractivity contribution in [3.8, 4) is 5.75 Å². The molecular weight excluding hydrogens is 210 g/mol. The van der Waals surface area contributed by atoms with E-state index >= 15 is 0 Å². The molecule has 1 aromatic rings. The molecule has 1 atom stereocenters. The molecule has 1 fully saturated rings. The van der Waals surface area contributed by atoms with E-state index in [2.05, 4.69) is 19.2 Å². The fraction of sp³-hybridized carbons (Fsp3) is 0.600. The van der Waals surface area contributed by atoms with Gasteiger partial charge >= 0.3 is 0 Å². The zero-order valence-corrected chi connectivity index (χ0v) is 10.9. The third-order valence-corrected chi connectivity index (χ3v) is 3.74. The van der Waals surface area contributed by atoms with Crippen molar-refractivity contribution in [1.82, 2.24) is 5.32 Å². The Hall–Kier alpha value is -1.02. The average molecular weight is 233 g/mol. The lowest BCUT2D eigenvalue weighted by molar-refractivity contribution is 0.198. The van der Waals surface area contributed by atoms with Gasteiger partial charge in [0.15, 0.2) is 0 Å². The van der Waals surface area contributed by atoms with Crippen LogP contribution >= 0.6 is 0 Å². The largest absolute Gasteiger partial charge is 0.508 e. The standard InChI is InChI=1S/C15H23NO/c1-15(2)9-3-4-13(10-15)16-11-12-5-7-14(17)8-6-12/h5-8,13,16-17H,3-4,9-11H2,1-2H3. The van der Waals surface area contributed by atoms with Gasteiger partial charge in [0.1, 0.15) is 5.75 Å². The highest BCUT2D eigenvalue weighted by Gasteiger charge is 2.27. The monoisotopic (exact) mass is 233 g/mol. The van der Waals surface area contributed by atoms with Crippen molar-refractivity contribution in [2.75, 3.05) is 0 Å². The van der Waals surface area contributed by atoms with Crippen molar-refractivity contribution >= 4 is 0 Å². The molecule has 1 aromatic carbocycles. The van der Waals surface area contributed by atoms with Crippen LogP contribution in [0.15, 0.2) is 24.3 Å². The van der Waals surface area contributed by atoms with Crippen molar-refractivity contribution in [2.45, 2.75) is 52.1 Å². The van der Waals surface area contributed by atoms with E-state index in [1.807, 2.05) is 12.1 Å². The van der Waals surface area contributed by atoms with Crippen molar-refractivity contribution in [3.63, 3.8) is 0 Å². The molecule has 1 aliphatic rings. The number of hydrogen-bond donors (Lipinski definition) is 2. The third kappa shape index (κ3) is 3.74. The molecule has 1 aliphatic carbocycles. The predicted octanol–water partition coefficient (Wildman–Crippen LogP) is 3.45. The minimum absolute atomic E-state index is 0.340. The number of nitrogens with one attached hydrogen (secondary N) is 1. The van der Waals surface area contributed by atoms with E-state index in [1.54, 1.807) is 12.1 Å². The van der Waals surface area contributed by atoms with Crippen LogP contribution in [-0.2, 0) is 6.54 Å². The summed E-state index contributed by atoms with van der Waals surface area (Å²) in [7, 11) is 0. The lowest BCUT2D eigenvalue weighted by Crippen LogP contribution is -2.36. The molecule has 0 radical (unpaired) electrons. The topological polar surface area (TPSA) is 32.3 Å². The van der Waals surface area contributed by atoms with E-state index in [1.165, 1.54) is 31.2 Å². The van der Waals surface area contributed by atoms with Crippen LogP contribution in [0.4, 0.5) is 0 Å². The summed E-state index contributed by atoms with van der Waals surface area (Å²) < 4.78 is 0. The molecule has 1 saturated carbocycles. The highest BCUT2D eigenvalue weighted by atomic mass is 16.3. The Kier molecular flexibility index (Phi) is 3.72. The molecule has 0 bridgehead atoms. The summed E-state index contributed by atoms with van der Waals surface area (Å²) in [6.07, 6.45) is 5.25. The lowest BCUT2D eigenvalue weighted by Gasteiger charge is -2.35. The molecule has 0 aliphatic heterocycles. The first kappa shape index (κ1) is 12.4. The Morgan fingerprint density at radius 3 is 2.65 bits per heavy atom. The summed E-state index contributed by atoms with van der Waals surface area (Å²) in [5, 5.41) is 12.9. The summed E-state index contributed by atoms with van der Waals surface area (Å²) >= 11 is 0. The predicted molar refractivity (Wildman–Crippen MR) is 71.0 cm³/mol. The van der Waals surface area contributed by atoms with E-state index in [0.29, 0.717) is 17.2 Å². The first-order chi connectivity index (χ1) is 8.05. The molecule has 0 aromatic heterocycles. The Bertz CT molecular complexity index is 356. The van der Waals surface area contributed by atoms with E-state index in [4.69, 9.17) is 0 Å². The van der Waals surface area contributed by atoms with Gasteiger partial charge in [-0.2, -0.15) is 0 Å². The maximum Gasteiger partial charge on any atom is 0.115 e. The van der Waals surface area contributed by atoms with Gasteiger partial charge in [-0.25, -0.2) is 0 Å². The molecule has 2 N–H and O–H groups in total. The highest BCUT2D eigenvalue weighted by molar-refractivity contribution is 5.25. The van der Waals surface area contributed by atoms with E-state index in [-0.39, 0.29) is 0 Å². The molecule has 17 heavy (non-hydrogen) atoms. The van der Waals surface area contributed by atoms with Crippen LogP contribution in [0.5, 0.6) is 5.75 Å². The first-order valence-corrected chi connectivity index (χ1v) is 6.56. The minimum Gasteiger partial charge on any atom is -0.508 e. The third-order valence-electron chi connectivity index (χ3n) is 3.74. The van der Waals surface area contributed by atoms with Crippen LogP contribution in [0, 0.1) is 5.41 Å². The molecular formula is C15H23NO. The zero-order valence-electron chi connectivity index (χ0n) is 10.9. The second-order valence-corrected chi connectivity index (χ2v) is 6.00. The number of hydrogen-bond acceptors (Lipinski definition) is 2. The quantitative estimate of drug-likeness (QED) is 0.838. The van der Waals surface area contributed by atoms with Crippen molar-refractivity contribution in [3.05, 3.63) is 29.8 Å². The maximum absolute atomic E-state index is 9.22. The van der Waals surface area contributed by atoms with Gasteiger partial charge in [-0.3, -0.25) is 0 Å². The van der Waals surface area contributed by atoms with Gasteiger partial charge in [0.05, 0.1) is 0 Å². The van der Waals surface area contributed by atoms with Crippen LogP contribution in [0.2, 0.25) is 0 Å². The van der Waals surface area contributed by atoms with Gasteiger partial charge in [0.25, 0.3) is 0 Å². The Labute approximate surface area is 104 Å². The van der Waals surface area contributed by atoms with Gasteiger partial charge in [0, 0.05) is 12.6 Å². The molecule has 2 rings (SSSR count). The summed E-state index contributed by atoms with van der Waals surface area (Å²) in [5.74, 6) is 0.340. The Morgan fingerprint density at radius 2 is 2.00 bits per heavy atom. The molecule has 1 unspecified atom stereocenters. The number of aromatic hydroxyl groups is 1. The Balaban J connectivity index is 1.84. The zero-order chi connectivity index (χ0) is 12.3. The van der Waals surface area contributed by atoms with Gasteiger partial charge < -0.3 is 10.4 Å². The second-order valence-electron chi connectivity index (χ2n) is 6.00. The minimum atomic E-state index is 0.340. The Morgan fingerprint density at radius 1 is 1.29 bits per heavy atom. The SMILES string of the molecule is CC1(C)CCCC(NCc2ccc(O)cc2)C1. The smallest absolute Gasteiger partial charge is 0.115 e. The molecule has 0 amide bonds. The van der Waals surface area contributed by atoms with Crippen molar-refractivity contribution in [1.29, 1.82) is 0 Å². The van der Waals surface area contributed by atoms with Crippen LogP contribution < -0.4 is 5.32 Å². The fourth-order valence-corrected chi connectivity index (χ4v) is 2.75. The molecule has 0 heterocycles. The van der Waals surface area contributed by atoms with E-state index < -0.39 is 0 Å². The molecule has 2 nitrogen and oxygen atoms in total.